The van der Waals surface area contributed by atoms with Crippen molar-refractivity contribution < 1.29 is 19.1 Å². The molecular weight excluding hydrogens is 320 g/mol. The van der Waals surface area contributed by atoms with Gasteiger partial charge in [-0.1, -0.05) is 6.92 Å². The first kappa shape index (κ1) is 20.9. The topological polar surface area (TPSA) is 79.5 Å². The minimum atomic E-state index is -0.595. The van der Waals surface area contributed by atoms with Gasteiger partial charge in [0.1, 0.15) is 5.69 Å². The van der Waals surface area contributed by atoms with Gasteiger partial charge in [-0.25, -0.2) is 4.79 Å². The van der Waals surface area contributed by atoms with Crippen LogP contribution in [0.2, 0.25) is 0 Å². The number of carbonyl (C=O) groups excluding carboxylic acids is 3. The smallest absolute Gasteiger partial charge is 0.355 e. The van der Waals surface area contributed by atoms with E-state index in [1.807, 2.05) is 20.8 Å². The molecule has 1 N–H and O–H groups in total. The Hall–Kier alpha value is -2.11. The molecule has 0 bridgehead atoms. The van der Waals surface area contributed by atoms with Crippen LogP contribution in [0, 0.1) is 13.8 Å². The van der Waals surface area contributed by atoms with Gasteiger partial charge in [-0.15, -0.1) is 0 Å². The molecule has 1 unspecified atom stereocenters. The summed E-state index contributed by atoms with van der Waals surface area (Å²) in [6, 6.07) is -0.677. The second-order valence-corrected chi connectivity index (χ2v) is 6.53. The summed E-state index contributed by atoms with van der Waals surface area (Å²) in [5.41, 5.74) is 1.94. The zero-order valence-electron chi connectivity index (χ0n) is 16.4. The van der Waals surface area contributed by atoms with E-state index in [-0.39, 0.29) is 24.3 Å². The van der Waals surface area contributed by atoms with Crippen LogP contribution >= 0.6 is 0 Å². The van der Waals surface area contributed by atoms with Crippen molar-refractivity contribution in [2.75, 3.05) is 6.61 Å². The molecule has 1 rings (SSSR count). The van der Waals surface area contributed by atoms with Gasteiger partial charge in [0.25, 0.3) is 0 Å². The summed E-state index contributed by atoms with van der Waals surface area (Å²) in [5, 5.41) is 0. The predicted molar refractivity (Wildman–Crippen MR) is 96.9 cm³/mol. The predicted octanol–water partition coefficient (Wildman–Crippen LogP) is 3.42. The van der Waals surface area contributed by atoms with Gasteiger partial charge >= 0.3 is 5.97 Å². The lowest BCUT2D eigenvalue weighted by atomic mass is 9.98. The number of ether oxygens (including phenoxy) is 1. The molecule has 0 saturated carbocycles. The monoisotopic (exact) mass is 350 g/mol. The van der Waals surface area contributed by atoms with E-state index < -0.39 is 12.0 Å². The average Bonchev–Trinajstić information content (AvgIpc) is 2.81. The quantitative estimate of drug-likeness (QED) is 0.575. The Morgan fingerprint density at radius 3 is 2.20 bits per heavy atom. The van der Waals surface area contributed by atoms with Crippen LogP contribution in [0.3, 0.4) is 0 Å². The molecule has 0 aliphatic heterocycles. The molecule has 0 aromatic carbocycles. The van der Waals surface area contributed by atoms with Gasteiger partial charge in [-0.2, -0.15) is 0 Å². The minimum absolute atomic E-state index is 0.0326. The van der Waals surface area contributed by atoms with E-state index in [1.165, 1.54) is 0 Å². The molecule has 1 aromatic heterocycles. The number of H-pyrrole nitrogens is 1. The molecule has 1 amide bonds. The van der Waals surface area contributed by atoms with E-state index in [2.05, 4.69) is 4.98 Å². The normalized spacial score (nSPS) is 12.2. The lowest BCUT2D eigenvalue weighted by Crippen LogP contribution is -2.47. The molecule has 1 aromatic rings. The van der Waals surface area contributed by atoms with Gasteiger partial charge in [0.15, 0.2) is 5.78 Å². The first-order chi connectivity index (χ1) is 11.7. The number of aromatic amines is 1. The summed E-state index contributed by atoms with van der Waals surface area (Å²) >= 11 is 0. The maximum Gasteiger partial charge on any atom is 0.355 e. The third-order valence-corrected chi connectivity index (χ3v) is 4.27. The zero-order chi connectivity index (χ0) is 19.3. The molecule has 0 aliphatic rings. The molecule has 0 saturated heterocycles. The van der Waals surface area contributed by atoms with Gasteiger partial charge < -0.3 is 14.6 Å². The standard InChI is InChI=1S/C19H30N2O4/c1-8-10-15(22)21(11(3)4)14(7)18(23)16-12(5)17(20-13(16)6)19(24)25-9-2/h11,14,20H,8-10H2,1-7H3. The summed E-state index contributed by atoms with van der Waals surface area (Å²) in [7, 11) is 0. The van der Waals surface area contributed by atoms with E-state index in [0.29, 0.717) is 28.9 Å². The SMILES string of the molecule is CCCC(=O)N(C(C)C)C(C)C(=O)c1c(C)[nH]c(C(=O)OCC)c1C. The number of ketones is 1. The Labute approximate surface area is 149 Å². The van der Waals surface area contributed by atoms with E-state index in [0.717, 1.165) is 6.42 Å². The molecule has 140 valence electrons. The molecule has 1 atom stereocenters. The van der Waals surface area contributed by atoms with Crippen LogP contribution in [0.25, 0.3) is 0 Å². The molecule has 25 heavy (non-hydrogen) atoms. The summed E-state index contributed by atoms with van der Waals surface area (Å²) in [4.78, 5) is 42.1. The van der Waals surface area contributed by atoms with Crippen LogP contribution < -0.4 is 0 Å². The number of aryl methyl sites for hydroxylation is 1. The molecule has 6 heteroatoms. The number of rotatable bonds is 8. The van der Waals surface area contributed by atoms with Crippen molar-refractivity contribution in [1.29, 1.82) is 0 Å². The van der Waals surface area contributed by atoms with Crippen molar-refractivity contribution >= 4 is 17.7 Å². The fourth-order valence-electron chi connectivity index (χ4n) is 3.16. The lowest BCUT2D eigenvalue weighted by Gasteiger charge is -2.32. The number of amides is 1. The van der Waals surface area contributed by atoms with Crippen molar-refractivity contribution in [3.63, 3.8) is 0 Å². The third-order valence-electron chi connectivity index (χ3n) is 4.27. The molecule has 0 radical (unpaired) electrons. The summed E-state index contributed by atoms with van der Waals surface area (Å²) < 4.78 is 5.03. The number of esters is 1. The van der Waals surface area contributed by atoms with Crippen LogP contribution in [0.5, 0.6) is 0 Å². The van der Waals surface area contributed by atoms with Crippen molar-refractivity contribution in [3.8, 4) is 0 Å². The fraction of sp³-hybridized carbons (Fsp3) is 0.632. The van der Waals surface area contributed by atoms with Crippen LogP contribution in [-0.2, 0) is 9.53 Å². The molecule has 0 fully saturated rings. The van der Waals surface area contributed by atoms with Crippen LogP contribution in [0.1, 0.15) is 79.6 Å². The minimum Gasteiger partial charge on any atom is -0.461 e. The largest absolute Gasteiger partial charge is 0.461 e. The first-order valence-electron chi connectivity index (χ1n) is 8.88. The maximum atomic E-state index is 13.1. The van der Waals surface area contributed by atoms with Crippen molar-refractivity contribution in [3.05, 3.63) is 22.5 Å². The highest BCUT2D eigenvalue weighted by atomic mass is 16.5. The summed E-state index contributed by atoms with van der Waals surface area (Å²) in [5.74, 6) is -0.674. The highest BCUT2D eigenvalue weighted by Crippen LogP contribution is 2.23. The second-order valence-electron chi connectivity index (χ2n) is 6.53. The Morgan fingerprint density at radius 1 is 1.12 bits per heavy atom. The molecule has 6 nitrogen and oxygen atoms in total. The third kappa shape index (κ3) is 4.50. The number of hydrogen-bond acceptors (Lipinski definition) is 4. The van der Waals surface area contributed by atoms with E-state index in [1.54, 1.807) is 32.6 Å². The Morgan fingerprint density at radius 2 is 1.72 bits per heavy atom. The zero-order valence-corrected chi connectivity index (χ0v) is 16.4. The lowest BCUT2D eigenvalue weighted by molar-refractivity contribution is -0.134. The fourth-order valence-corrected chi connectivity index (χ4v) is 3.16. The van der Waals surface area contributed by atoms with E-state index in [4.69, 9.17) is 4.74 Å². The number of carbonyl (C=O) groups is 3. The van der Waals surface area contributed by atoms with Crippen LogP contribution in [0.15, 0.2) is 0 Å². The van der Waals surface area contributed by atoms with Crippen LogP contribution in [-0.4, -0.2) is 46.2 Å². The van der Waals surface area contributed by atoms with Gasteiger partial charge in [0.2, 0.25) is 5.91 Å². The highest BCUT2D eigenvalue weighted by Gasteiger charge is 2.32. The summed E-state index contributed by atoms with van der Waals surface area (Å²) in [6.45, 7) is 13.0. The van der Waals surface area contributed by atoms with Gasteiger partial charge in [0.05, 0.1) is 12.6 Å². The van der Waals surface area contributed by atoms with Crippen molar-refractivity contribution in [1.82, 2.24) is 9.88 Å². The maximum absolute atomic E-state index is 13.1. The molecule has 1 heterocycles. The van der Waals surface area contributed by atoms with E-state index in [9.17, 15) is 14.4 Å². The van der Waals surface area contributed by atoms with Gasteiger partial charge in [0, 0.05) is 23.7 Å². The van der Waals surface area contributed by atoms with Gasteiger partial charge in [-0.3, -0.25) is 9.59 Å². The second kappa shape index (κ2) is 8.83. The van der Waals surface area contributed by atoms with Crippen molar-refractivity contribution in [2.45, 2.75) is 73.4 Å². The molecule has 0 spiro atoms. The Kier molecular flexibility index (Phi) is 7.39. The Balaban J connectivity index is 3.21. The van der Waals surface area contributed by atoms with Gasteiger partial charge in [-0.05, 0) is 53.5 Å². The van der Waals surface area contributed by atoms with Crippen LogP contribution in [0.4, 0.5) is 0 Å². The highest BCUT2D eigenvalue weighted by molar-refractivity contribution is 6.06. The van der Waals surface area contributed by atoms with E-state index >= 15 is 0 Å². The number of aromatic nitrogens is 1. The first-order valence-corrected chi connectivity index (χ1v) is 8.88. The summed E-state index contributed by atoms with van der Waals surface area (Å²) in [6.07, 6.45) is 1.15. The molecular formula is C19H30N2O4. The number of hydrogen-bond donors (Lipinski definition) is 1. The number of Topliss-reactive ketones (excluding diaryl/α,β-unsaturated/α-hetero) is 1. The number of nitrogens with zero attached hydrogens (tertiary/aromatic N) is 1. The molecule has 0 aliphatic carbocycles. The average molecular weight is 350 g/mol. The number of nitrogens with one attached hydrogen (secondary N) is 1. The van der Waals surface area contributed by atoms with Crippen molar-refractivity contribution in [2.24, 2.45) is 0 Å². The Bertz CT molecular complexity index is 646.